The van der Waals surface area contributed by atoms with Gasteiger partial charge in [-0.15, -0.1) is 11.3 Å². The summed E-state index contributed by atoms with van der Waals surface area (Å²) >= 11 is 1.22. The number of anilines is 1. The number of aliphatic hydroxyl groups excluding tert-OH is 1. The van der Waals surface area contributed by atoms with Crippen molar-refractivity contribution in [3.63, 3.8) is 0 Å². The summed E-state index contributed by atoms with van der Waals surface area (Å²) in [5, 5.41) is 13.2. The quantitative estimate of drug-likeness (QED) is 0.382. The van der Waals surface area contributed by atoms with Crippen molar-refractivity contribution in [1.29, 1.82) is 0 Å². The Morgan fingerprint density at radius 2 is 2.00 bits per heavy atom. The summed E-state index contributed by atoms with van der Waals surface area (Å²) in [6.45, 7) is 0. The average molecular weight is 423 g/mol. The fourth-order valence-electron chi connectivity index (χ4n) is 3.36. The monoisotopic (exact) mass is 423 g/mol. The topological polar surface area (TPSA) is 102 Å². The summed E-state index contributed by atoms with van der Waals surface area (Å²) in [6, 6.07) is 7.35. The molecule has 0 bridgehead atoms. The zero-order valence-corrected chi connectivity index (χ0v) is 16.9. The number of pyridine rings is 1. The molecule has 9 heteroatoms. The van der Waals surface area contributed by atoms with E-state index in [1.54, 1.807) is 54.3 Å². The van der Waals surface area contributed by atoms with Gasteiger partial charge >= 0.3 is 5.91 Å². The molecule has 2 aromatic heterocycles. The van der Waals surface area contributed by atoms with Gasteiger partial charge in [-0.3, -0.25) is 19.5 Å². The van der Waals surface area contributed by atoms with E-state index in [9.17, 15) is 14.7 Å². The van der Waals surface area contributed by atoms with E-state index in [-0.39, 0.29) is 16.9 Å². The fraction of sp³-hybridized carbons (Fsp3) is 0.143. The van der Waals surface area contributed by atoms with Crippen molar-refractivity contribution in [1.82, 2.24) is 9.97 Å². The van der Waals surface area contributed by atoms with Crippen molar-refractivity contribution in [2.24, 2.45) is 0 Å². The molecule has 4 rings (SSSR count). The van der Waals surface area contributed by atoms with Gasteiger partial charge in [0.15, 0.2) is 5.13 Å². The summed E-state index contributed by atoms with van der Waals surface area (Å²) in [5.74, 6) is -1.10. The number of hydrogen-bond donors (Lipinski definition) is 1. The van der Waals surface area contributed by atoms with Crippen LogP contribution in [0.2, 0.25) is 0 Å². The molecule has 0 spiro atoms. The van der Waals surface area contributed by atoms with Gasteiger partial charge in [-0.1, -0.05) is 6.07 Å². The second-order valence-electron chi connectivity index (χ2n) is 6.34. The SMILES string of the molecule is COc1ccc(/C(O)=C2\C(=O)C(=O)N(c3nccs3)[C@H]2c2cccnc2)c(OC)c1. The third kappa shape index (κ3) is 3.18. The summed E-state index contributed by atoms with van der Waals surface area (Å²) in [6.07, 6.45) is 4.69. The first-order chi connectivity index (χ1) is 14.6. The molecule has 1 aliphatic rings. The first-order valence-corrected chi connectivity index (χ1v) is 9.77. The Hall–Kier alpha value is -3.72. The maximum atomic E-state index is 13.0. The lowest BCUT2D eigenvalue weighted by atomic mass is 9.96. The Morgan fingerprint density at radius 3 is 2.63 bits per heavy atom. The molecule has 1 aromatic carbocycles. The summed E-state index contributed by atoms with van der Waals surface area (Å²) in [7, 11) is 2.95. The Morgan fingerprint density at radius 1 is 1.17 bits per heavy atom. The van der Waals surface area contributed by atoms with Crippen LogP contribution in [0, 0.1) is 0 Å². The van der Waals surface area contributed by atoms with Crippen LogP contribution in [0.4, 0.5) is 5.13 Å². The largest absolute Gasteiger partial charge is 0.507 e. The van der Waals surface area contributed by atoms with Crippen LogP contribution < -0.4 is 14.4 Å². The van der Waals surface area contributed by atoms with E-state index in [4.69, 9.17) is 9.47 Å². The number of ketones is 1. The van der Waals surface area contributed by atoms with Crippen LogP contribution in [0.15, 0.2) is 59.9 Å². The van der Waals surface area contributed by atoms with Crippen LogP contribution >= 0.6 is 11.3 Å². The number of thiazole rings is 1. The van der Waals surface area contributed by atoms with Gasteiger partial charge in [0, 0.05) is 30.0 Å². The minimum Gasteiger partial charge on any atom is -0.507 e. The van der Waals surface area contributed by atoms with Crippen molar-refractivity contribution in [3.8, 4) is 11.5 Å². The van der Waals surface area contributed by atoms with E-state index in [1.807, 2.05) is 0 Å². The number of Topliss-reactive ketones (excluding diaryl/α,β-unsaturated/α-hetero) is 1. The van der Waals surface area contributed by atoms with Crippen LogP contribution in [0.25, 0.3) is 5.76 Å². The minimum atomic E-state index is -0.878. The predicted octanol–water partition coefficient (Wildman–Crippen LogP) is 3.18. The maximum absolute atomic E-state index is 13.0. The van der Waals surface area contributed by atoms with Crippen molar-refractivity contribution in [3.05, 3.63) is 71.0 Å². The van der Waals surface area contributed by atoms with Gasteiger partial charge in [-0.2, -0.15) is 0 Å². The standard InChI is InChI=1S/C21H17N3O5S/c1-28-13-5-6-14(15(10-13)29-2)18(25)16-17(12-4-3-7-22-11-12)24(20(27)19(16)26)21-23-8-9-30-21/h3-11,17,25H,1-2H3/b18-16+/t17-/m0/s1. The second kappa shape index (κ2) is 7.96. The number of methoxy groups -OCH3 is 2. The molecule has 1 amide bonds. The number of aliphatic hydroxyl groups is 1. The molecule has 0 radical (unpaired) electrons. The molecule has 3 aromatic rings. The van der Waals surface area contributed by atoms with Crippen LogP contribution in [0.5, 0.6) is 11.5 Å². The fourth-order valence-corrected chi connectivity index (χ4v) is 4.02. The maximum Gasteiger partial charge on any atom is 0.301 e. The zero-order chi connectivity index (χ0) is 21.3. The average Bonchev–Trinajstić information content (AvgIpc) is 3.40. The molecule has 3 heterocycles. The zero-order valence-electron chi connectivity index (χ0n) is 16.1. The lowest BCUT2D eigenvalue weighted by Gasteiger charge is -2.22. The molecular formula is C21H17N3O5S. The molecule has 8 nitrogen and oxygen atoms in total. The predicted molar refractivity (Wildman–Crippen MR) is 111 cm³/mol. The minimum absolute atomic E-state index is 0.0633. The number of carbonyl (C=O) groups excluding carboxylic acids is 2. The van der Waals surface area contributed by atoms with E-state index in [0.717, 1.165) is 0 Å². The number of nitrogens with zero attached hydrogens (tertiary/aromatic N) is 3. The number of rotatable bonds is 5. The Bertz CT molecular complexity index is 1130. The Balaban J connectivity index is 1.95. The third-order valence-electron chi connectivity index (χ3n) is 4.73. The van der Waals surface area contributed by atoms with Crippen molar-refractivity contribution in [2.45, 2.75) is 6.04 Å². The second-order valence-corrected chi connectivity index (χ2v) is 7.21. The highest BCUT2D eigenvalue weighted by atomic mass is 32.1. The number of amides is 1. The van der Waals surface area contributed by atoms with Crippen molar-refractivity contribution < 1.29 is 24.2 Å². The molecule has 30 heavy (non-hydrogen) atoms. The highest BCUT2D eigenvalue weighted by molar-refractivity contribution is 7.14. The van der Waals surface area contributed by atoms with Gasteiger partial charge in [0.1, 0.15) is 17.3 Å². The first kappa shape index (κ1) is 19.6. The molecule has 0 saturated carbocycles. The lowest BCUT2D eigenvalue weighted by Crippen LogP contribution is -2.29. The molecule has 1 N–H and O–H groups in total. The number of ether oxygens (including phenoxy) is 2. The highest BCUT2D eigenvalue weighted by Crippen LogP contribution is 2.43. The van der Waals surface area contributed by atoms with E-state index in [2.05, 4.69) is 9.97 Å². The highest BCUT2D eigenvalue weighted by Gasteiger charge is 2.48. The van der Waals surface area contributed by atoms with Gasteiger partial charge in [0.2, 0.25) is 0 Å². The molecule has 1 aliphatic heterocycles. The smallest absolute Gasteiger partial charge is 0.301 e. The van der Waals surface area contributed by atoms with E-state index in [0.29, 0.717) is 22.2 Å². The van der Waals surface area contributed by atoms with Crippen LogP contribution in [-0.4, -0.2) is 41.0 Å². The van der Waals surface area contributed by atoms with E-state index >= 15 is 0 Å². The van der Waals surface area contributed by atoms with Crippen LogP contribution in [0.3, 0.4) is 0 Å². The number of hydrogen-bond acceptors (Lipinski definition) is 8. The van der Waals surface area contributed by atoms with E-state index < -0.39 is 17.7 Å². The Kier molecular flexibility index (Phi) is 5.20. The Labute approximate surface area is 176 Å². The van der Waals surface area contributed by atoms with Crippen molar-refractivity contribution in [2.75, 3.05) is 19.1 Å². The number of aromatic nitrogens is 2. The summed E-state index contributed by atoms with van der Waals surface area (Å²) in [4.78, 5) is 35.5. The number of carbonyl (C=O) groups is 2. The molecular weight excluding hydrogens is 406 g/mol. The van der Waals surface area contributed by atoms with Gasteiger partial charge in [-0.25, -0.2) is 4.98 Å². The van der Waals surface area contributed by atoms with Gasteiger partial charge in [-0.05, 0) is 23.8 Å². The lowest BCUT2D eigenvalue weighted by molar-refractivity contribution is -0.132. The number of benzene rings is 1. The normalized spacial score (nSPS) is 17.9. The van der Waals surface area contributed by atoms with Crippen molar-refractivity contribution >= 4 is 33.9 Å². The molecule has 152 valence electrons. The molecule has 1 fully saturated rings. The van der Waals surface area contributed by atoms with Crippen LogP contribution in [-0.2, 0) is 9.59 Å². The van der Waals surface area contributed by atoms with Gasteiger partial charge in [0.25, 0.3) is 5.78 Å². The molecule has 1 saturated heterocycles. The van der Waals surface area contributed by atoms with Crippen LogP contribution in [0.1, 0.15) is 17.2 Å². The van der Waals surface area contributed by atoms with Gasteiger partial charge in [0.05, 0.1) is 31.4 Å². The molecule has 0 unspecified atom stereocenters. The van der Waals surface area contributed by atoms with Gasteiger partial charge < -0.3 is 14.6 Å². The first-order valence-electron chi connectivity index (χ1n) is 8.89. The summed E-state index contributed by atoms with van der Waals surface area (Å²) in [5.41, 5.74) is 0.775. The summed E-state index contributed by atoms with van der Waals surface area (Å²) < 4.78 is 10.6. The molecule has 0 aliphatic carbocycles. The molecule has 1 atom stereocenters. The van der Waals surface area contributed by atoms with E-state index in [1.165, 1.54) is 30.5 Å². The third-order valence-corrected chi connectivity index (χ3v) is 5.50.